The van der Waals surface area contributed by atoms with E-state index in [9.17, 15) is 4.21 Å². The minimum atomic E-state index is -1.12. The van der Waals surface area contributed by atoms with Crippen molar-refractivity contribution in [3.63, 3.8) is 0 Å². The van der Waals surface area contributed by atoms with Crippen LogP contribution in [-0.2, 0) is 11.0 Å². The van der Waals surface area contributed by atoms with Crippen LogP contribution in [0.2, 0.25) is 0 Å². The van der Waals surface area contributed by atoms with Crippen LogP contribution in [0.4, 0.5) is 0 Å². The molecular formula is C15H29NO2S. The van der Waals surface area contributed by atoms with Crippen molar-refractivity contribution in [1.82, 2.24) is 4.72 Å². The molecule has 0 saturated carbocycles. The molecule has 0 fully saturated rings. The highest BCUT2D eigenvalue weighted by Crippen LogP contribution is 2.35. The van der Waals surface area contributed by atoms with Crippen LogP contribution >= 0.6 is 0 Å². The van der Waals surface area contributed by atoms with Gasteiger partial charge >= 0.3 is 0 Å². The predicted molar refractivity (Wildman–Crippen MR) is 83.5 cm³/mol. The third kappa shape index (κ3) is 4.18. The smallest absolute Gasteiger partial charge is 0.122 e. The van der Waals surface area contributed by atoms with E-state index in [1.54, 1.807) is 0 Å². The minimum absolute atomic E-state index is 0. The molecule has 0 aliphatic rings. The van der Waals surface area contributed by atoms with Gasteiger partial charge in [-0.05, 0) is 51.7 Å². The maximum atomic E-state index is 12.3. The van der Waals surface area contributed by atoms with E-state index in [0.717, 1.165) is 17.1 Å². The summed E-state index contributed by atoms with van der Waals surface area (Å²) in [4.78, 5) is 0. The Morgan fingerprint density at radius 2 is 1.74 bits per heavy atom. The van der Waals surface area contributed by atoms with Crippen LogP contribution in [-0.4, -0.2) is 8.96 Å². The molecule has 0 unspecified atom stereocenters. The first-order valence-corrected chi connectivity index (χ1v) is 7.83. The van der Waals surface area contributed by atoms with Gasteiger partial charge in [0.1, 0.15) is 11.5 Å². The van der Waals surface area contributed by atoms with Crippen LogP contribution in [0.5, 0.6) is 0 Å². The van der Waals surface area contributed by atoms with Crippen LogP contribution in [0.1, 0.15) is 66.1 Å². The summed E-state index contributed by atoms with van der Waals surface area (Å²) >= 11 is 0. The lowest BCUT2D eigenvalue weighted by molar-refractivity contribution is 0.264. The molecule has 0 saturated heterocycles. The summed E-state index contributed by atoms with van der Waals surface area (Å²) in [6.45, 7) is 16.3. The van der Waals surface area contributed by atoms with Gasteiger partial charge in [-0.25, -0.2) is 8.93 Å². The lowest BCUT2D eigenvalue weighted by Crippen LogP contribution is -2.40. The first-order valence-electron chi connectivity index (χ1n) is 6.68. The normalized spacial score (nSPS) is 16.4. The standard InChI is InChI=1S/C15H27NO2S.H2/c1-10-9-12(18-11(10)2)13(14(3,4)5)16-19(17)15(6,7)8;/h9,13,16H,1-8H3;1H/t13-,19+;/m0./s1. The van der Waals surface area contributed by atoms with Gasteiger partial charge in [0.15, 0.2) is 0 Å². The van der Waals surface area contributed by atoms with Crippen LogP contribution in [0.3, 0.4) is 0 Å². The SMILES string of the molecule is Cc1cc([C@H](N[S@](=O)C(C)(C)C)C(C)(C)C)oc1C.[HH]. The average Bonchev–Trinajstić information content (AvgIpc) is 2.51. The Labute approximate surface area is 121 Å². The summed E-state index contributed by atoms with van der Waals surface area (Å²) in [5, 5.41) is 0. The van der Waals surface area contributed by atoms with E-state index < -0.39 is 11.0 Å². The van der Waals surface area contributed by atoms with Crippen LogP contribution in [0, 0.1) is 19.3 Å². The number of rotatable bonds is 3. The molecule has 4 heteroatoms. The van der Waals surface area contributed by atoms with Crippen LogP contribution < -0.4 is 4.72 Å². The molecule has 0 amide bonds. The highest BCUT2D eigenvalue weighted by molar-refractivity contribution is 7.84. The van der Waals surface area contributed by atoms with Crippen molar-refractivity contribution in [3.8, 4) is 0 Å². The predicted octanol–water partition coefficient (Wildman–Crippen LogP) is 4.28. The molecule has 0 spiro atoms. The lowest BCUT2D eigenvalue weighted by Gasteiger charge is -2.32. The first kappa shape index (κ1) is 16.4. The fraction of sp³-hybridized carbons (Fsp3) is 0.733. The van der Waals surface area contributed by atoms with Crippen LogP contribution in [0.15, 0.2) is 10.5 Å². The lowest BCUT2D eigenvalue weighted by atomic mass is 9.86. The summed E-state index contributed by atoms with van der Waals surface area (Å²) in [5.74, 6) is 1.78. The highest BCUT2D eigenvalue weighted by atomic mass is 32.2. The zero-order valence-corrected chi connectivity index (χ0v) is 14.2. The maximum absolute atomic E-state index is 12.3. The molecule has 1 aromatic rings. The number of furan rings is 1. The molecule has 0 aromatic carbocycles. The Bertz CT molecular complexity index is 450. The number of nitrogens with one attached hydrogen (secondary N) is 1. The molecule has 1 rings (SSSR count). The molecular weight excluding hydrogens is 258 g/mol. The van der Waals surface area contributed by atoms with Gasteiger partial charge in [0.05, 0.1) is 21.8 Å². The zero-order chi connectivity index (χ0) is 15.0. The monoisotopic (exact) mass is 287 g/mol. The highest BCUT2D eigenvalue weighted by Gasteiger charge is 2.33. The molecule has 0 radical (unpaired) electrons. The Balaban J connectivity index is 0.00000361. The first-order chi connectivity index (χ1) is 8.43. The molecule has 0 bridgehead atoms. The van der Waals surface area contributed by atoms with Crippen LogP contribution in [0.25, 0.3) is 0 Å². The zero-order valence-electron chi connectivity index (χ0n) is 13.4. The second kappa shape index (κ2) is 5.41. The molecule has 1 heterocycles. The molecule has 0 aliphatic carbocycles. The second-order valence-electron chi connectivity index (χ2n) is 7.19. The molecule has 112 valence electrons. The number of aryl methyl sites for hydroxylation is 2. The van der Waals surface area contributed by atoms with Crippen molar-refractivity contribution >= 4 is 11.0 Å². The van der Waals surface area contributed by atoms with Crippen molar-refractivity contribution in [3.05, 3.63) is 23.2 Å². The van der Waals surface area contributed by atoms with Gasteiger partial charge in [0.25, 0.3) is 0 Å². The molecule has 3 nitrogen and oxygen atoms in total. The summed E-state index contributed by atoms with van der Waals surface area (Å²) in [6, 6.07) is 1.97. The van der Waals surface area contributed by atoms with Gasteiger partial charge in [-0.15, -0.1) is 0 Å². The fourth-order valence-corrected chi connectivity index (χ4v) is 2.73. The topological polar surface area (TPSA) is 42.2 Å². The van der Waals surface area contributed by atoms with Crippen molar-refractivity contribution in [1.29, 1.82) is 0 Å². The van der Waals surface area contributed by atoms with Gasteiger partial charge in [-0.2, -0.15) is 0 Å². The van der Waals surface area contributed by atoms with E-state index in [4.69, 9.17) is 4.42 Å². The van der Waals surface area contributed by atoms with Gasteiger partial charge < -0.3 is 4.42 Å². The quantitative estimate of drug-likeness (QED) is 0.901. The van der Waals surface area contributed by atoms with Crippen molar-refractivity contribution in [2.24, 2.45) is 5.41 Å². The third-order valence-electron chi connectivity index (χ3n) is 3.12. The Hall–Kier alpha value is -0.610. The van der Waals surface area contributed by atoms with Gasteiger partial charge in [-0.1, -0.05) is 20.8 Å². The second-order valence-corrected chi connectivity index (χ2v) is 9.18. The summed E-state index contributed by atoms with van der Waals surface area (Å²) < 4.78 is 21.1. The summed E-state index contributed by atoms with van der Waals surface area (Å²) in [5.41, 5.74) is 1.06. The Morgan fingerprint density at radius 1 is 1.21 bits per heavy atom. The van der Waals surface area contributed by atoms with Gasteiger partial charge in [-0.3, -0.25) is 0 Å². The van der Waals surface area contributed by atoms with E-state index in [0.29, 0.717) is 0 Å². The van der Waals surface area contributed by atoms with Crippen molar-refractivity contribution in [2.75, 3.05) is 0 Å². The van der Waals surface area contributed by atoms with Gasteiger partial charge in [0.2, 0.25) is 0 Å². The van der Waals surface area contributed by atoms with E-state index in [1.807, 2.05) is 40.7 Å². The minimum Gasteiger partial charge on any atom is -0.464 e. The number of hydrogen-bond acceptors (Lipinski definition) is 2. The Morgan fingerprint density at radius 3 is 2.05 bits per heavy atom. The maximum Gasteiger partial charge on any atom is 0.122 e. The van der Waals surface area contributed by atoms with E-state index >= 15 is 0 Å². The average molecular weight is 287 g/mol. The van der Waals surface area contributed by atoms with E-state index in [-0.39, 0.29) is 17.6 Å². The van der Waals surface area contributed by atoms with Gasteiger partial charge in [0, 0.05) is 1.43 Å². The summed E-state index contributed by atoms with van der Waals surface area (Å²) in [6.07, 6.45) is 0. The molecule has 0 aliphatic heterocycles. The number of hydrogen-bond donors (Lipinski definition) is 1. The summed E-state index contributed by atoms with van der Waals surface area (Å²) in [7, 11) is -1.12. The molecule has 19 heavy (non-hydrogen) atoms. The fourth-order valence-electron chi connectivity index (χ4n) is 1.69. The largest absolute Gasteiger partial charge is 0.464 e. The van der Waals surface area contributed by atoms with Crippen molar-refractivity contribution in [2.45, 2.75) is 66.2 Å². The third-order valence-corrected chi connectivity index (χ3v) is 4.68. The van der Waals surface area contributed by atoms with E-state index in [1.165, 1.54) is 0 Å². The molecule has 1 aromatic heterocycles. The molecule has 2 atom stereocenters. The molecule has 1 N–H and O–H groups in total. The van der Waals surface area contributed by atoms with E-state index in [2.05, 4.69) is 25.5 Å². The van der Waals surface area contributed by atoms with Crippen molar-refractivity contribution < 1.29 is 10.1 Å². The Kier molecular flexibility index (Phi) is 4.68.